The number of methoxy groups -OCH3 is 1. The fourth-order valence-electron chi connectivity index (χ4n) is 2.23. The average molecular weight is 311 g/mol. The molecule has 0 bridgehead atoms. The Kier molecular flexibility index (Phi) is 4.54. The summed E-state index contributed by atoms with van der Waals surface area (Å²) in [6, 6.07) is 12.7. The zero-order valence-corrected chi connectivity index (χ0v) is 12.7. The number of carbonyl (C=O) groups is 1. The first-order valence-electron chi connectivity index (χ1n) is 7.23. The number of benzene rings is 2. The number of aromatic amines is 1. The van der Waals surface area contributed by atoms with Crippen LogP contribution in [0.25, 0.3) is 10.9 Å². The molecule has 3 aromatic rings. The highest BCUT2D eigenvalue weighted by Gasteiger charge is 2.12. The molecule has 2 N–H and O–H groups in total. The number of carbonyl (C=O) groups excluding carboxylic acids is 1. The number of H-pyrrole nitrogens is 1. The second-order valence-corrected chi connectivity index (χ2v) is 4.96. The molecule has 0 spiro atoms. The average Bonchev–Trinajstić information content (AvgIpc) is 3.03. The van der Waals surface area contributed by atoms with Gasteiger partial charge in [-0.2, -0.15) is 5.10 Å². The predicted octanol–water partition coefficient (Wildman–Crippen LogP) is 2.84. The Balaban J connectivity index is 1.77. The molecule has 1 amide bonds. The molecule has 118 valence electrons. The number of nitrogens with zero attached hydrogens (tertiary/aromatic N) is 1. The van der Waals surface area contributed by atoms with Crippen LogP contribution in [0.15, 0.2) is 48.7 Å². The normalized spacial score (nSPS) is 10.7. The molecule has 0 saturated heterocycles. The van der Waals surface area contributed by atoms with E-state index in [0.717, 1.165) is 10.9 Å². The van der Waals surface area contributed by atoms with E-state index in [4.69, 9.17) is 9.47 Å². The summed E-state index contributed by atoms with van der Waals surface area (Å²) >= 11 is 0. The molecule has 6 heteroatoms. The first kappa shape index (κ1) is 15.1. The standard InChI is InChI=1S/C17H17N3O3/c1-22-8-9-23-16-5-3-2-4-14(16)17(21)19-13-7-6-12-11-18-20-15(12)10-13/h2-7,10-11H,8-9H2,1H3,(H,18,20)(H,19,21). The highest BCUT2D eigenvalue weighted by molar-refractivity contribution is 6.06. The third kappa shape index (κ3) is 3.49. The Morgan fingerprint density at radius 1 is 1.22 bits per heavy atom. The van der Waals surface area contributed by atoms with Gasteiger partial charge in [0.15, 0.2) is 0 Å². The van der Waals surface area contributed by atoms with E-state index in [1.54, 1.807) is 31.5 Å². The number of hydrogen-bond acceptors (Lipinski definition) is 4. The molecule has 0 radical (unpaired) electrons. The van der Waals surface area contributed by atoms with Gasteiger partial charge < -0.3 is 14.8 Å². The number of anilines is 1. The number of amides is 1. The van der Waals surface area contributed by atoms with Gasteiger partial charge in [-0.15, -0.1) is 0 Å². The van der Waals surface area contributed by atoms with Crippen molar-refractivity contribution in [2.24, 2.45) is 0 Å². The van der Waals surface area contributed by atoms with Crippen LogP contribution in [0.4, 0.5) is 5.69 Å². The maximum atomic E-state index is 12.5. The number of nitrogens with one attached hydrogen (secondary N) is 2. The van der Waals surface area contributed by atoms with E-state index < -0.39 is 0 Å². The Bertz CT molecular complexity index is 813. The number of hydrogen-bond donors (Lipinski definition) is 2. The van der Waals surface area contributed by atoms with Crippen molar-refractivity contribution < 1.29 is 14.3 Å². The zero-order valence-electron chi connectivity index (χ0n) is 12.7. The number of aromatic nitrogens is 2. The number of para-hydroxylation sites is 1. The van der Waals surface area contributed by atoms with Crippen LogP contribution in [0.5, 0.6) is 5.75 Å². The summed E-state index contributed by atoms with van der Waals surface area (Å²) in [6.07, 6.45) is 1.74. The van der Waals surface area contributed by atoms with Gasteiger partial charge in [-0.1, -0.05) is 12.1 Å². The van der Waals surface area contributed by atoms with Crippen molar-refractivity contribution in [2.75, 3.05) is 25.6 Å². The van der Waals surface area contributed by atoms with E-state index in [1.807, 2.05) is 24.3 Å². The molecule has 0 aliphatic heterocycles. The van der Waals surface area contributed by atoms with Crippen LogP contribution in [0.3, 0.4) is 0 Å². The topological polar surface area (TPSA) is 76.2 Å². The summed E-state index contributed by atoms with van der Waals surface area (Å²) in [5.74, 6) is 0.307. The highest BCUT2D eigenvalue weighted by Crippen LogP contribution is 2.21. The van der Waals surface area contributed by atoms with Gasteiger partial charge in [0.25, 0.3) is 5.91 Å². The number of ether oxygens (including phenoxy) is 2. The summed E-state index contributed by atoms with van der Waals surface area (Å²) in [5.41, 5.74) is 2.04. The van der Waals surface area contributed by atoms with Crippen molar-refractivity contribution >= 4 is 22.5 Å². The molecule has 1 heterocycles. The minimum atomic E-state index is -0.225. The molecular formula is C17H17N3O3. The quantitative estimate of drug-likeness (QED) is 0.686. The van der Waals surface area contributed by atoms with Crippen LogP contribution in [0.2, 0.25) is 0 Å². The molecule has 0 unspecified atom stereocenters. The SMILES string of the molecule is COCCOc1ccccc1C(=O)Nc1ccc2cn[nH]c2c1. The van der Waals surface area contributed by atoms with E-state index in [-0.39, 0.29) is 5.91 Å². The molecule has 0 fully saturated rings. The first-order chi connectivity index (χ1) is 11.3. The van der Waals surface area contributed by atoms with Crippen molar-refractivity contribution in [1.82, 2.24) is 10.2 Å². The molecule has 2 aromatic carbocycles. The van der Waals surface area contributed by atoms with Crippen molar-refractivity contribution in [2.45, 2.75) is 0 Å². The molecule has 3 rings (SSSR count). The lowest BCUT2D eigenvalue weighted by atomic mass is 10.1. The minimum absolute atomic E-state index is 0.225. The molecule has 0 atom stereocenters. The number of fused-ring (bicyclic) bond motifs is 1. The van der Waals surface area contributed by atoms with Crippen molar-refractivity contribution in [3.8, 4) is 5.75 Å². The van der Waals surface area contributed by atoms with Crippen LogP contribution in [-0.4, -0.2) is 36.4 Å². The monoisotopic (exact) mass is 311 g/mol. The van der Waals surface area contributed by atoms with Gasteiger partial charge in [-0.3, -0.25) is 9.89 Å². The van der Waals surface area contributed by atoms with Crippen molar-refractivity contribution in [3.63, 3.8) is 0 Å². The third-order valence-electron chi connectivity index (χ3n) is 3.38. The van der Waals surface area contributed by atoms with Gasteiger partial charge in [0.05, 0.1) is 23.9 Å². The lowest BCUT2D eigenvalue weighted by Crippen LogP contribution is -2.14. The maximum Gasteiger partial charge on any atom is 0.259 e. The molecule has 23 heavy (non-hydrogen) atoms. The summed E-state index contributed by atoms with van der Waals surface area (Å²) in [5, 5.41) is 10.7. The summed E-state index contributed by atoms with van der Waals surface area (Å²) in [6.45, 7) is 0.855. The van der Waals surface area contributed by atoms with Gasteiger partial charge in [-0.25, -0.2) is 0 Å². The summed E-state index contributed by atoms with van der Waals surface area (Å²) in [4.78, 5) is 12.5. The molecule has 0 saturated carbocycles. The fraction of sp³-hybridized carbons (Fsp3) is 0.176. The Labute approximate surface area is 133 Å². The molecule has 1 aromatic heterocycles. The van der Waals surface area contributed by atoms with Crippen LogP contribution in [-0.2, 0) is 4.74 Å². The Morgan fingerprint density at radius 2 is 2.09 bits per heavy atom. The Morgan fingerprint density at radius 3 is 2.96 bits per heavy atom. The van der Waals surface area contributed by atoms with Crippen LogP contribution in [0.1, 0.15) is 10.4 Å². The third-order valence-corrected chi connectivity index (χ3v) is 3.38. The van der Waals surface area contributed by atoms with Crippen LogP contribution in [0, 0.1) is 0 Å². The number of rotatable bonds is 6. The largest absolute Gasteiger partial charge is 0.490 e. The molecule has 0 aliphatic rings. The smallest absolute Gasteiger partial charge is 0.259 e. The van der Waals surface area contributed by atoms with Crippen molar-refractivity contribution in [3.05, 3.63) is 54.2 Å². The van der Waals surface area contributed by atoms with E-state index in [9.17, 15) is 4.79 Å². The summed E-state index contributed by atoms with van der Waals surface area (Å²) < 4.78 is 10.6. The van der Waals surface area contributed by atoms with Gasteiger partial charge in [-0.05, 0) is 30.3 Å². The van der Waals surface area contributed by atoms with Crippen LogP contribution >= 0.6 is 0 Å². The fourth-order valence-corrected chi connectivity index (χ4v) is 2.23. The summed E-state index contributed by atoms with van der Waals surface area (Å²) in [7, 11) is 1.60. The van der Waals surface area contributed by atoms with Crippen LogP contribution < -0.4 is 10.1 Å². The molecule has 6 nitrogen and oxygen atoms in total. The van der Waals surface area contributed by atoms with E-state index in [0.29, 0.717) is 30.2 Å². The molecule has 0 aliphatic carbocycles. The zero-order chi connectivity index (χ0) is 16.1. The second-order valence-electron chi connectivity index (χ2n) is 4.96. The molecular weight excluding hydrogens is 294 g/mol. The predicted molar refractivity (Wildman–Crippen MR) is 87.9 cm³/mol. The second kappa shape index (κ2) is 6.93. The lowest BCUT2D eigenvalue weighted by molar-refractivity contribution is 0.101. The van der Waals surface area contributed by atoms with E-state index >= 15 is 0 Å². The van der Waals surface area contributed by atoms with Gasteiger partial charge in [0.1, 0.15) is 12.4 Å². The highest BCUT2D eigenvalue weighted by atomic mass is 16.5. The first-order valence-corrected chi connectivity index (χ1v) is 7.23. The maximum absolute atomic E-state index is 12.5. The van der Waals surface area contributed by atoms with Crippen molar-refractivity contribution in [1.29, 1.82) is 0 Å². The van der Waals surface area contributed by atoms with Gasteiger partial charge >= 0.3 is 0 Å². The Hall–Kier alpha value is -2.86. The minimum Gasteiger partial charge on any atom is -0.490 e. The van der Waals surface area contributed by atoms with Gasteiger partial charge in [0.2, 0.25) is 0 Å². The van der Waals surface area contributed by atoms with E-state index in [1.165, 1.54) is 0 Å². The van der Waals surface area contributed by atoms with Gasteiger partial charge in [0, 0.05) is 18.2 Å². The lowest BCUT2D eigenvalue weighted by Gasteiger charge is -2.11. The van der Waals surface area contributed by atoms with E-state index in [2.05, 4.69) is 15.5 Å².